The zero-order chi connectivity index (χ0) is 33.2. The van der Waals surface area contributed by atoms with Crippen molar-refractivity contribution < 1.29 is 4.42 Å². The standard InChI is InChI=1S/C48H30BNO/c1-2-11-29(12-3-1)30-21-23-34(24-22-30)50-42-27-32-14-5-4-13-31(32)25-40(42)47-35-16-7-6-15-33(35)26-39-38-28-44-46(36-17-8-9-20-43(36)51-44)37-18-10-19-41(45(37)38)49(50)48(39)47/h1-27,38H,28H2. The average molecular weight is 648 g/mol. The molecule has 1 atom stereocenters. The van der Waals surface area contributed by atoms with Crippen LogP contribution in [0.3, 0.4) is 0 Å². The number of fused-ring (bicyclic) bond motifs is 11. The number of nitrogens with zero attached hydrogens (tertiary/aromatic N) is 1. The fraction of sp³-hybridized carbons (Fsp3) is 0.0417. The van der Waals surface area contributed by atoms with Crippen molar-refractivity contribution in [2.45, 2.75) is 12.3 Å². The van der Waals surface area contributed by atoms with Gasteiger partial charge in [0, 0.05) is 40.2 Å². The zero-order valence-corrected chi connectivity index (χ0v) is 27.8. The van der Waals surface area contributed by atoms with Crippen molar-refractivity contribution in [1.29, 1.82) is 0 Å². The third kappa shape index (κ3) is 3.73. The van der Waals surface area contributed by atoms with Gasteiger partial charge in [0.25, 0.3) is 0 Å². The quantitative estimate of drug-likeness (QED) is 0.174. The van der Waals surface area contributed by atoms with Crippen molar-refractivity contribution >= 4 is 61.7 Å². The number of hydrogen-bond donors (Lipinski definition) is 0. The molecule has 236 valence electrons. The summed E-state index contributed by atoms with van der Waals surface area (Å²) in [5, 5.41) is 6.33. The number of anilines is 2. The number of hydrogen-bond acceptors (Lipinski definition) is 2. The second-order valence-corrected chi connectivity index (χ2v) is 14.3. The highest BCUT2D eigenvalue weighted by atomic mass is 16.3. The lowest BCUT2D eigenvalue weighted by Crippen LogP contribution is -2.62. The van der Waals surface area contributed by atoms with Crippen molar-refractivity contribution in [3.63, 3.8) is 0 Å². The van der Waals surface area contributed by atoms with Gasteiger partial charge in [-0.1, -0.05) is 133 Å². The molecule has 3 aliphatic rings. The van der Waals surface area contributed by atoms with E-state index in [1.807, 2.05) is 0 Å². The highest BCUT2D eigenvalue weighted by molar-refractivity contribution is 6.92. The largest absolute Gasteiger partial charge is 0.460 e. The molecule has 2 nitrogen and oxygen atoms in total. The fourth-order valence-electron chi connectivity index (χ4n) is 9.70. The van der Waals surface area contributed by atoms with Crippen molar-refractivity contribution in [2.75, 3.05) is 4.81 Å². The van der Waals surface area contributed by atoms with Gasteiger partial charge < -0.3 is 9.23 Å². The molecule has 51 heavy (non-hydrogen) atoms. The molecular formula is C48H30BNO. The summed E-state index contributed by atoms with van der Waals surface area (Å²) in [4.78, 5) is 2.64. The molecule has 1 unspecified atom stereocenters. The van der Waals surface area contributed by atoms with E-state index < -0.39 is 0 Å². The van der Waals surface area contributed by atoms with Gasteiger partial charge >= 0.3 is 6.85 Å². The first-order valence-corrected chi connectivity index (χ1v) is 18.0. The lowest BCUT2D eigenvalue weighted by Gasteiger charge is -2.46. The van der Waals surface area contributed by atoms with E-state index in [0.717, 1.165) is 17.8 Å². The molecule has 2 aliphatic heterocycles. The lowest BCUT2D eigenvalue weighted by molar-refractivity contribution is 0.531. The van der Waals surface area contributed by atoms with E-state index in [9.17, 15) is 0 Å². The van der Waals surface area contributed by atoms with E-state index >= 15 is 0 Å². The Hall–Kier alpha value is -6.32. The number of rotatable bonds is 2. The Morgan fingerprint density at radius 2 is 1.25 bits per heavy atom. The summed E-state index contributed by atoms with van der Waals surface area (Å²) in [6.45, 7) is 0.00163. The van der Waals surface area contributed by atoms with E-state index in [1.165, 1.54) is 93.7 Å². The minimum absolute atomic E-state index is 0.00163. The van der Waals surface area contributed by atoms with E-state index in [4.69, 9.17) is 4.42 Å². The smallest absolute Gasteiger partial charge is 0.329 e. The molecule has 12 rings (SSSR count). The van der Waals surface area contributed by atoms with Gasteiger partial charge in [-0.05, 0) is 96.2 Å². The van der Waals surface area contributed by atoms with Crippen LogP contribution in [0.5, 0.6) is 0 Å². The van der Waals surface area contributed by atoms with Crippen molar-refractivity contribution in [3.05, 3.63) is 181 Å². The van der Waals surface area contributed by atoms with Crippen LogP contribution >= 0.6 is 0 Å². The molecule has 0 saturated heterocycles. The van der Waals surface area contributed by atoms with Crippen molar-refractivity contribution in [3.8, 4) is 33.4 Å². The Morgan fingerprint density at radius 3 is 2.10 bits per heavy atom. The summed E-state index contributed by atoms with van der Waals surface area (Å²) in [6.07, 6.45) is 0.849. The van der Waals surface area contributed by atoms with Crippen molar-refractivity contribution in [1.82, 2.24) is 0 Å². The number of para-hydroxylation sites is 1. The Balaban J connectivity index is 1.20. The van der Waals surface area contributed by atoms with Gasteiger partial charge in [-0.25, -0.2) is 0 Å². The normalized spacial score (nSPS) is 15.1. The average Bonchev–Trinajstić information content (AvgIpc) is 3.57. The second kappa shape index (κ2) is 10.1. The molecule has 1 aliphatic carbocycles. The summed E-state index contributed by atoms with van der Waals surface area (Å²) < 4.78 is 6.68. The van der Waals surface area contributed by atoms with Crippen molar-refractivity contribution in [2.24, 2.45) is 0 Å². The van der Waals surface area contributed by atoms with E-state index in [-0.39, 0.29) is 12.8 Å². The molecule has 3 heterocycles. The van der Waals surface area contributed by atoms with Crippen LogP contribution in [0, 0.1) is 0 Å². The lowest BCUT2D eigenvalue weighted by atomic mass is 9.39. The van der Waals surface area contributed by atoms with Crippen LogP contribution in [-0.4, -0.2) is 6.85 Å². The summed E-state index contributed by atoms with van der Waals surface area (Å²) >= 11 is 0. The Labute approximate surface area is 296 Å². The minimum atomic E-state index is 0.00163. The zero-order valence-electron chi connectivity index (χ0n) is 27.8. The Kier molecular flexibility index (Phi) is 5.46. The fourth-order valence-corrected chi connectivity index (χ4v) is 9.70. The molecule has 8 aromatic carbocycles. The number of benzene rings is 8. The van der Waals surface area contributed by atoms with Crippen LogP contribution in [0.15, 0.2) is 168 Å². The van der Waals surface area contributed by atoms with E-state index in [2.05, 4.69) is 169 Å². The van der Waals surface area contributed by atoms with Gasteiger partial charge in [0.15, 0.2) is 0 Å². The van der Waals surface area contributed by atoms with Gasteiger partial charge in [0.2, 0.25) is 0 Å². The van der Waals surface area contributed by atoms with Crippen LogP contribution in [0.25, 0.3) is 65.9 Å². The van der Waals surface area contributed by atoms with Gasteiger partial charge in [-0.15, -0.1) is 0 Å². The highest BCUT2D eigenvalue weighted by Gasteiger charge is 2.48. The molecule has 0 fully saturated rings. The first-order valence-electron chi connectivity index (χ1n) is 18.0. The minimum Gasteiger partial charge on any atom is -0.460 e. The van der Waals surface area contributed by atoms with Crippen LogP contribution < -0.4 is 15.7 Å². The van der Waals surface area contributed by atoms with E-state index in [1.54, 1.807) is 0 Å². The topological polar surface area (TPSA) is 16.4 Å². The Bertz CT molecular complexity index is 2900. The van der Waals surface area contributed by atoms with Crippen LogP contribution in [0.2, 0.25) is 0 Å². The molecule has 0 amide bonds. The molecular weight excluding hydrogens is 617 g/mol. The first-order chi connectivity index (χ1) is 25.3. The molecule has 0 radical (unpaired) electrons. The summed E-state index contributed by atoms with van der Waals surface area (Å²) in [7, 11) is 0. The molecule has 0 spiro atoms. The predicted molar refractivity (Wildman–Crippen MR) is 213 cm³/mol. The third-order valence-corrected chi connectivity index (χ3v) is 11.8. The molecule has 1 aromatic heterocycles. The molecule has 0 bridgehead atoms. The monoisotopic (exact) mass is 647 g/mol. The maximum Gasteiger partial charge on any atom is 0.329 e. The summed E-state index contributed by atoms with van der Waals surface area (Å²) in [5.41, 5.74) is 16.8. The summed E-state index contributed by atoms with van der Waals surface area (Å²) in [5.74, 6) is 1.30. The highest BCUT2D eigenvalue weighted by Crippen LogP contribution is 2.52. The maximum atomic E-state index is 6.68. The summed E-state index contributed by atoms with van der Waals surface area (Å²) in [6, 6.07) is 60.7. The predicted octanol–water partition coefficient (Wildman–Crippen LogP) is 11.0. The van der Waals surface area contributed by atoms with E-state index in [0.29, 0.717) is 0 Å². The van der Waals surface area contributed by atoms with Gasteiger partial charge in [-0.2, -0.15) is 0 Å². The number of furan rings is 1. The third-order valence-electron chi connectivity index (χ3n) is 11.8. The maximum absolute atomic E-state index is 6.68. The van der Waals surface area contributed by atoms with Crippen LogP contribution in [0.1, 0.15) is 22.8 Å². The Morgan fingerprint density at radius 1 is 0.549 bits per heavy atom. The van der Waals surface area contributed by atoms with Gasteiger partial charge in [0.05, 0.1) is 0 Å². The van der Waals surface area contributed by atoms with Gasteiger partial charge in [0.1, 0.15) is 11.3 Å². The molecule has 0 saturated carbocycles. The van der Waals surface area contributed by atoms with Crippen LogP contribution in [0.4, 0.5) is 11.4 Å². The second-order valence-electron chi connectivity index (χ2n) is 14.3. The molecule has 0 N–H and O–H groups in total. The van der Waals surface area contributed by atoms with Crippen LogP contribution in [-0.2, 0) is 6.42 Å². The first kappa shape index (κ1) is 27.5. The van der Waals surface area contributed by atoms with Gasteiger partial charge in [-0.3, -0.25) is 0 Å². The SMILES string of the molecule is c1ccc(-c2ccc(N3B4c5cccc6c5C(Cc5oc7ccccc7c5-6)c5cc6ccccc6c(c54)-c4cc5ccccc5cc43)cc2)cc1. The molecule has 3 heteroatoms. The molecule has 9 aromatic rings.